The second-order valence-electron chi connectivity index (χ2n) is 1.47. The Morgan fingerprint density at radius 2 is 2.00 bits per heavy atom. The summed E-state index contributed by atoms with van der Waals surface area (Å²) in [6.45, 7) is -0.668. The normalized spacial score (nSPS) is 10.1. The maximum Gasteiger partial charge on any atom is 1.00 e. The molecule has 0 fully saturated rings. The van der Waals surface area contributed by atoms with Crippen LogP contribution in [-0.4, -0.2) is 27.2 Å². The van der Waals surface area contributed by atoms with Gasteiger partial charge in [0, 0.05) is 0 Å². The van der Waals surface area contributed by atoms with E-state index in [0.717, 1.165) is 6.26 Å². The second-order valence-corrected chi connectivity index (χ2v) is 3.30. The molecule has 0 aromatic heterocycles. The zero-order chi connectivity index (χ0) is 7.49. The summed E-state index contributed by atoms with van der Waals surface area (Å²) in [6, 6.07) is 0. The van der Waals surface area contributed by atoms with Crippen molar-refractivity contribution < 1.29 is 47.9 Å². The summed E-state index contributed by atoms with van der Waals surface area (Å²) < 4.78 is 22.0. The molecule has 10 heavy (non-hydrogen) atoms. The van der Waals surface area contributed by atoms with Crippen molar-refractivity contribution in [2.75, 3.05) is 12.8 Å². The van der Waals surface area contributed by atoms with Gasteiger partial charge in [0.2, 0.25) is 10.0 Å². The molecule has 0 aliphatic heterocycles. The number of hydrogen-bond donors (Lipinski definition) is 1. The van der Waals surface area contributed by atoms with Gasteiger partial charge in [0.25, 0.3) is 0 Å². The van der Waals surface area contributed by atoms with Gasteiger partial charge >= 0.3 is 29.6 Å². The molecule has 0 unspecified atom stereocenters. The van der Waals surface area contributed by atoms with Gasteiger partial charge in [0.15, 0.2) is 0 Å². The van der Waals surface area contributed by atoms with Crippen LogP contribution in [0.1, 0.15) is 0 Å². The van der Waals surface area contributed by atoms with E-state index in [-0.39, 0.29) is 29.6 Å². The standard InChI is InChI=1S/C3H7NO4S.Na/c1-9(7,8)4-2-3(5)6;/h4H,2H2,1H3,(H,5,6);/q;+1/p-1. The van der Waals surface area contributed by atoms with Gasteiger partial charge in [-0.05, 0) is 0 Å². The van der Waals surface area contributed by atoms with Crippen LogP contribution in [0.5, 0.6) is 0 Å². The summed E-state index contributed by atoms with van der Waals surface area (Å²) in [5.41, 5.74) is 0. The monoisotopic (exact) mass is 175 g/mol. The second kappa shape index (κ2) is 5.09. The van der Waals surface area contributed by atoms with Gasteiger partial charge in [0.05, 0.1) is 18.8 Å². The zero-order valence-corrected chi connectivity index (χ0v) is 8.56. The Balaban J connectivity index is 0. The SMILES string of the molecule is CS(=O)(=O)NCC(=O)[O-].[Na+]. The molecule has 0 aliphatic rings. The van der Waals surface area contributed by atoms with E-state index in [9.17, 15) is 18.3 Å². The Morgan fingerprint density at radius 1 is 1.60 bits per heavy atom. The number of nitrogens with one attached hydrogen (secondary N) is 1. The maximum atomic E-state index is 10.1. The fourth-order valence-corrected chi connectivity index (χ4v) is 0.570. The number of sulfonamides is 1. The third-order valence-electron chi connectivity index (χ3n) is 0.479. The van der Waals surface area contributed by atoms with Gasteiger partial charge in [-0.1, -0.05) is 0 Å². The first-order valence-corrected chi connectivity index (χ1v) is 3.95. The van der Waals surface area contributed by atoms with Crippen LogP contribution in [0.3, 0.4) is 0 Å². The Kier molecular flexibility index (Phi) is 6.61. The van der Waals surface area contributed by atoms with Gasteiger partial charge in [-0.25, -0.2) is 13.1 Å². The summed E-state index contributed by atoms with van der Waals surface area (Å²) in [6.07, 6.45) is 0.871. The van der Waals surface area contributed by atoms with Crippen molar-refractivity contribution in [2.45, 2.75) is 0 Å². The van der Waals surface area contributed by atoms with Gasteiger partial charge in [-0.2, -0.15) is 0 Å². The van der Waals surface area contributed by atoms with Crippen LogP contribution in [0.15, 0.2) is 0 Å². The Hall–Kier alpha value is 0.380. The van der Waals surface area contributed by atoms with E-state index in [2.05, 4.69) is 0 Å². The van der Waals surface area contributed by atoms with Gasteiger partial charge in [-0.15, -0.1) is 0 Å². The van der Waals surface area contributed by atoms with Crippen LogP contribution >= 0.6 is 0 Å². The van der Waals surface area contributed by atoms with Crippen LogP contribution in [0.4, 0.5) is 0 Å². The van der Waals surface area contributed by atoms with E-state index in [1.54, 1.807) is 4.72 Å². The topological polar surface area (TPSA) is 86.3 Å². The molecule has 0 aliphatic carbocycles. The van der Waals surface area contributed by atoms with Crippen molar-refractivity contribution in [3.63, 3.8) is 0 Å². The Bertz CT molecular complexity index is 199. The fourth-order valence-electron chi connectivity index (χ4n) is 0.190. The van der Waals surface area contributed by atoms with Crippen molar-refractivity contribution >= 4 is 16.0 Å². The van der Waals surface area contributed by atoms with Crippen molar-refractivity contribution in [1.29, 1.82) is 0 Å². The molecular formula is C3H6NNaO4S. The summed E-state index contributed by atoms with van der Waals surface area (Å²) in [5, 5.41) is 9.61. The minimum Gasteiger partial charge on any atom is -0.549 e. The summed E-state index contributed by atoms with van der Waals surface area (Å²) in [7, 11) is -3.39. The minimum absolute atomic E-state index is 0. The number of aliphatic carboxylic acids is 1. The molecule has 0 bridgehead atoms. The number of carbonyl (C=O) groups is 1. The number of carbonyl (C=O) groups excluding carboxylic acids is 1. The van der Waals surface area contributed by atoms with Crippen molar-refractivity contribution in [2.24, 2.45) is 0 Å². The molecule has 0 saturated carbocycles. The van der Waals surface area contributed by atoms with Gasteiger partial charge < -0.3 is 9.90 Å². The molecule has 0 amide bonds. The van der Waals surface area contributed by atoms with E-state index >= 15 is 0 Å². The largest absolute Gasteiger partial charge is 1.00 e. The quantitative estimate of drug-likeness (QED) is 0.433. The first-order chi connectivity index (χ1) is 3.92. The number of hydrogen-bond acceptors (Lipinski definition) is 4. The zero-order valence-electron chi connectivity index (χ0n) is 5.75. The molecule has 1 N–H and O–H groups in total. The first kappa shape index (κ1) is 13.0. The van der Waals surface area contributed by atoms with Crippen LogP contribution in [0, 0.1) is 0 Å². The van der Waals surface area contributed by atoms with Crippen molar-refractivity contribution in [3.05, 3.63) is 0 Å². The Morgan fingerprint density at radius 3 is 2.10 bits per heavy atom. The Labute approximate surface area is 81.1 Å². The van der Waals surface area contributed by atoms with Crippen LogP contribution in [-0.2, 0) is 14.8 Å². The average Bonchev–Trinajstić information content (AvgIpc) is 1.59. The molecule has 7 heteroatoms. The van der Waals surface area contributed by atoms with Crippen molar-refractivity contribution in [3.8, 4) is 0 Å². The van der Waals surface area contributed by atoms with Crippen LogP contribution < -0.4 is 39.4 Å². The molecule has 0 aromatic carbocycles. The van der Waals surface area contributed by atoms with E-state index in [0.29, 0.717) is 0 Å². The van der Waals surface area contributed by atoms with E-state index in [4.69, 9.17) is 0 Å². The van der Waals surface area contributed by atoms with Crippen LogP contribution in [0.2, 0.25) is 0 Å². The maximum absolute atomic E-state index is 10.1. The van der Waals surface area contributed by atoms with E-state index in [1.165, 1.54) is 0 Å². The molecule has 0 saturated heterocycles. The predicted octanol–water partition coefficient (Wildman–Crippen LogP) is -5.71. The third-order valence-corrected chi connectivity index (χ3v) is 1.15. The molecule has 0 atom stereocenters. The molecule has 5 nitrogen and oxygen atoms in total. The summed E-state index contributed by atoms with van der Waals surface area (Å²) >= 11 is 0. The predicted molar refractivity (Wildman–Crippen MR) is 27.9 cm³/mol. The molecule has 0 radical (unpaired) electrons. The van der Waals surface area contributed by atoms with Crippen LogP contribution in [0.25, 0.3) is 0 Å². The number of carboxylic acids is 1. The van der Waals surface area contributed by atoms with Gasteiger partial charge in [0.1, 0.15) is 0 Å². The van der Waals surface area contributed by atoms with Crippen molar-refractivity contribution in [1.82, 2.24) is 4.72 Å². The van der Waals surface area contributed by atoms with E-state index in [1.807, 2.05) is 0 Å². The number of carboxylic acid groups (broad SMARTS) is 1. The molecule has 0 aromatic rings. The summed E-state index contributed by atoms with van der Waals surface area (Å²) in [5.74, 6) is -1.44. The first-order valence-electron chi connectivity index (χ1n) is 2.06. The molecule has 54 valence electrons. The molecule has 0 heterocycles. The molecular weight excluding hydrogens is 169 g/mol. The molecule has 0 rings (SSSR count). The van der Waals surface area contributed by atoms with E-state index < -0.39 is 22.5 Å². The smallest absolute Gasteiger partial charge is 0.549 e. The fraction of sp³-hybridized carbons (Fsp3) is 0.667. The third kappa shape index (κ3) is 11.2. The minimum atomic E-state index is -3.39. The average molecular weight is 175 g/mol. The number of rotatable bonds is 3. The molecule has 0 spiro atoms. The van der Waals surface area contributed by atoms with Gasteiger partial charge in [-0.3, -0.25) is 0 Å². The summed E-state index contributed by atoms with van der Waals surface area (Å²) in [4.78, 5) is 9.61.